The lowest BCUT2D eigenvalue weighted by Gasteiger charge is -2.26. The van der Waals surface area contributed by atoms with Crippen LogP contribution in [0, 0.1) is 11.6 Å². The maximum Gasteiger partial charge on any atom is 0.416 e. The molecule has 0 N–H and O–H groups in total. The molecule has 0 atom stereocenters. The first kappa shape index (κ1) is 22.2. The van der Waals surface area contributed by atoms with Crippen LogP contribution >= 0.6 is 22.9 Å². The molecule has 2 heterocycles. The van der Waals surface area contributed by atoms with Crippen molar-refractivity contribution in [3.8, 4) is 21.6 Å². The number of pyridine rings is 1. The number of benzene rings is 1. The van der Waals surface area contributed by atoms with E-state index in [1.54, 1.807) is 45.9 Å². The van der Waals surface area contributed by atoms with Crippen molar-refractivity contribution in [3.63, 3.8) is 0 Å². The average Bonchev–Trinajstić information content (AvgIpc) is 3.15. The number of nitrogens with zero attached hydrogens (tertiary/aromatic N) is 2. The molecular formula is C22H21ClF2N2O2S. The third kappa shape index (κ3) is 4.79. The van der Waals surface area contributed by atoms with E-state index in [4.69, 9.17) is 16.3 Å². The Kier molecular flexibility index (Phi) is 6.43. The molecule has 8 heteroatoms. The van der Waals surface area contributed by atoms with Gasteiger partial charge in [-0.05, 0) is 62.9 Å². The predicted octanol–water partition coefficient (Wildman–Crippen LogP) is 7.17. The molecule has 2 aromatic heterocycles. The smallest absolute Gasteiger partial charge is 0.416 e. The van der Waals surface area contributed by atoms with E-state index in [1.807, 2.05) is 5.38 Å². The second-order valence-corrected chi connectivity index (χ2v) is 8.93. The highest BCUT2D eigenvalue weighted by atomic mass is 35.5. The van der Waals surface area contributed by atoms with Crippen molar-refractivity contribution in [1.29, 1.82) is 0 Å². The van der Waals surface area contributed by atoms with E-state index in [-0.39, 0.29) is 17.4 Å². The van der Waals surface area contributed by atoms with Gasteiger partial charge in [-0.1, -0.05) is 17.7 Å². The standard InChI is InChI=1S/C22H21ClF2N2O2S/c1-5-27(21(28)29-22(2,3)4)20-17(25)9-13(12-26-20)15-10-14(23)11-16(24)19(15)18-7-6-8-30-18/h6-12H,5H2,1-4H3. The molecule has 3 aromatic rings. The Morgan fingerprint density at radius 1 is 1.23 bits per heavy atom. The molecule has 0 spiro atoms. The van der Waals surface area contributed by atoms with E-state index in [0.717, 1.165) is 4.90 Å². The van der Waals surface area contributed by atoms with Crippen molar-refractivity contribution in [1.82, 2.24) is 4.98 Å². The molecule has 0 saturated carbocycles. The van der Waals surface area contributed by atoms with Gasteiger partial charge in [-0.3, -0.25) is 4.90 Å². The van der Waals surface area contributed by atoms with Crippen molar-refractivity contribution >= 4 is 34.8 Å². The molecule has 4 nitrogen and oxygen atoms in total. The van der Waals surface area contributed by atoms with E-state index >= 15 is 4.39 Å². The normalized spacial score (nSPS) is 11.4. The summed E-state index contributed by atoms with van der Waals surface area (Å²) in [6.45, 7) is 7.05. The fraction of sp³-hybridized carbons (Fsp3) is 0.273. The summed E-state index contributed by atoms with van der Waals surface area (Å²) in [6, 6.07) is 7.60. The molecule has 0 aliphatic rings. The Labute approximate surface area is 183 Å². The summed E-state index contributed by atoms with van der Waals surface area (Å²) in [5.74, 6) is -1.39. The third-order valence-electron chi connectivity index (χ3n) is 4.14. The zero-order valence-electron chi connectivity index (χ0n) is 17.0. The number of halogens is 3. The monoisotopic (exact) mass is 450 g/mol. The lowest BCUT2D eigenvalue weighted by molar-refractivity contribution is 0.0580. The fourth-order valence-electron chi connectivity index (χ4n) is 2.93. The minimum Gasteiger partial charge on any atom is -0.443 e. The van der Waals surface area contributed by atoms with Crippen LogP contribution < -0.4 is 4.90 Å². The van der Waals surface area contributed by atoms with Gasteiger partial charge in [0, 0.05) is 33.8 Å². The highest BCUT2D eigenvalue weighted by Gasteiger charge is 2.26. The molecule has 1 aromatic carbocycles. The van der Waals surface area contributed by atoms with Crippen LogP contribution in [-0.2, 0) is 4.74 Å². The molecule has 3 rings (SSSR count). The first-order valence-corrected chi connectivity index (χ1v) is 10.6. The molecule has 1 amide bonds. The van der Waals surface area contributed by atoms with Crippen LogP contribution in [0.4, 0.5) is 19.4 Å². The Hall–Kier alpha value is -2.51. The summed E-state index contributed by atoms with van der Waals surface area (Å²) in [7, 11) is 0. The van der Waals surface area contributed by atoms with Gasteiger partial charge in [-0.25, -0.2) is 18.6 Å². The largest absolute Gasteiger partial charge is 0.443 e. The predicted molar refractivity (Wildman–Crippen MR) is 117 cm³/mol. The Balaban J connectivity index is 2.05. The van der Waals surface area contributed by atoms with Crippen molar-refractivity contribution in [2.45, 2.75) is 33.3 Å². The second-order valence-electron chi connectivity index (χ2n) is 7.54. The van der Waals surface area contributed by atoms with Gasteiger partial charge >= 0.3 is 6.09 Å². The van der Waals surface area contributed by atoms with E-state index in [0.29, 0.717) is 21.6 Å². The Bertz CT molecular complexity index is 1070. The van der Waals surface area contributed by atoms with Crippen molar-refractivity contribution in [2.24, 2.45) is 0 Å². The lowest BCUT2D eigenvalue weighted by atomic mass is 9.99. The number of ether oxygens (including phenoxy) is 1. The van der Waals surface area contributed by atoms with Crippen LogP contribution in [0.25, 0.3) is 21.6 Å². The number of carbonyl (C=O) groups excluding carboxylic acids is 1. The summed E-state index contributed by atoms with van der Waals surface area (Å²) in [6.07, 6.45) is 0.699. The number of thiophene rings is 1. The quantitative estimate of drug-likeness (QED) is 0.423. The number of anilines is 1. The minimum absolute atomic E-state index is 0.157. The maximum absolute atomic E-state index is 15.0. The summed E-state index contributed by atoms with van der Waals surface area (Å²) in [5, 5.41) is 2.02. The zero-order valence-corrected chi connectivity index (χ0v) is 18.6. The van der Waals surface area contributed by atoms with Gasteiger partial charge in [0.2, 0.25) is 0 Å². The van der Waals surface area contributed by atoms with E-state index in [2.05, 4.69) is 4.98 Å². The number of aromatic nitrogens is 1. The van der Waals surface area contributed by atoms with Crippen LogP contribution in [0.3, 0.4) is 0 Å². The second kappa shape index (κ2) is 8.70. The van der Waals surface area contributed by atoms with E-state index in [1.165, 1.54) is 29.7 Å². The van der Waals surface area contributed by atoms with Gasteiger partial charge < -0.3 is 4.74 Å². The van der Waals surface area contributed by atoms with Gasteiger partial charge in [0.25, 0.3) is 0 Å². The van der Waals surface area contributed by atoms with E-state index in [9.17, 15) is 9.18 Å². The van der Waals surface area contributed by atoms with Crippen LogP contribution in [0.15, 0.2) is 41.9 Å². The van der Waals surface area contributed by atoms with Crippen molar-refractivity contribution in [2.75, 3.05) is 11.4 Å². The first-order chi connectivity index (χ1) is 14.1. The minimum atomic E-state index is -0.727. The van der Waals surface area contributed by atoms with Crippen molar-refractivity contribution in [3.05, 3.63) is 58.6 Å². The summed E-state index contributed by atoms with van der Waals surface area (Å²) >= 11 is 7.42. The summed E-state index contributed by atoms with van der Waals surface area (Å²) < 4.78 is 35.1. The Morgan fingerprint density at radius 2 is 1.97 bits per heavy atom. The highest BCUT2D eigenvalue weighted by Crippen LogP contribution is 2.39. The molecule has 158 valence electrons. The molecule has 0 unspecified atom stereocenters. The first-order valence-electron chi connectivity index (χ1n) is 9.30. The highest BCUT2D eigenvalue weighted by molar-refractivity contribution is 7.13. The number of hydrogen-bond acceptors (Lipinski definition) is 4. The van der Waals surface area contributed by atoms with Crippen molar-refractivity contribution < 1.29 is 18.3 Å². The lowest BCUT2D eigenvalue weighted by Crippen LogP contribution is -2.37. The van der Waals surface area contributed by atoms with Crippen LogP contribution in [0.2, 0.25) is 5.02 Å². The number of carbonyl (C=O) groups is 1. The van der Waals surface area contributed by atoms with Gasteiger partial charge in [0.1, 0.15) is 11.4 Å². The van der Waals surface area contributed by atoms with Crippen LogP contribution in [0.5, 0.6) is 0 Å². The average molecular weight is 451 g/mol. The molecule has 0 aliphatic carbocycles. The molecule has 0 fully saturated rings. The summed E-state index contributed by atoms with van der Waals surface area (Å²) in [5.41, 5.74) is 0.360. The van der Waals surface area contributed by atoms with Gasteiger partial charge in [0.05, 0.1) is 0 Å². The Morgan fingerprint density at radius 3 is 2.53 bits per heavy atom. The van der Waals surface area contributed by atoms with Crippen LogP contribution in [0.1, 0.15) is 27.7 Å². The molecular weight excluding hydrogens is 430 g/mol. The molecule has 0 aliphatic heterocycles. The fourth-order valence-corrected chi connectivity index (χ4v) is 3.92. The zero-order chi connectivity index (χ0) is 22.1. The topological polar surface area (TPSA) is 42.4 Å². The maximum atomic E-state index is 15.0. The van der Waals surface area contributed by atoms with Gasteiger partial charge in [-0.15, -0.1) is 11.3 Å². The molecule has 0 radical (unpaired) electrons. The molecule has 0 bridgehead atoms. The molecule has 0 saturated heterocycles. The number of hydrogen-bond donors (Lipinski definition) is 0. The van der Waals surface area contributed by atoms with E-state index < -0.39 is 23.3 Å². The molecule has 30 heavy (non-hydrogen) atoms. The number of amides is 1. The van der Waals surface area contributed by atoms with Crippen LogP contribution in [-0.4, -0.2) is 23.2 Å². The van der Waals surface area contributed by atoms with Gasteiger partial charge in [0.15, 0.2) is 11.6 Å². The number of rotatable bonds is 4. The summed E-state index contributed by atoms with van der Waals surface area (Å²) in [4.78, 5) is 18.4. The van der Waals surface area contributed by atoms with Gasteiger partial charge in [-0.2, -0.15) is 0 Å². The SMILES string of the molecule is CCN(C(=O)OC(C)(C)C)c1ncc(-c2cc(Cl)cc(F)c2-c2cccs2)cc1F. The third-order valence-corrected chi connectivity index (χ3v) is 5.25.